The van der Waals surface area contributed by atoms with E-state index in [1.54, 1.807) is 4.90 Å². The summed E-state index contributed by atoms with van der Waals surface area (Å²) in [5.74, 6) is -0.136. The number of hydrogen-bond donors (Lipinski definition) is 0. The summed E-state index contributed by atoms with van der Waals surface area (Å²) in [5.41, 5.74) is 1.97. The minimum absolute atomic E-state index is 0.0343. The third-order valence-corrected chi connectivity index (χ3v) is 4.61. The highest BCUT2D eigenvalue weighted by Crippen LogP contribution is 2.29. The molecule has 0 saturated carbocycles. The molecule has 2 saturated heterocycles. The number of ether oxygens (including phenoxy) is 1. The van der Waals surface area contributed by atoms with E-state index in [1.165, 1.54) is 0 Å². The number of morpholine rings is 1. The number of amides is 2. The SMILES string of the molecule is Cc1ccccc1N1C[C@H](C(=O)N2C[C@@H](C)O[C@H](C)C2)CC1=O. The number of carbonyl (C=O) groups excluding carboxylic acids is 2. The van der Waals surface area contributed by atoms with Gasteiger partial charge in [0.15, 0.2) is 0 Å². The number of aryl methyl sites for hydroxylation is 1. The highest BCUT2D eigenvalue weighted by molar-refractivity contribution is 6.00. The fraction of sp³-hybridized carbons (Fsp3) is 0.556. The predicted octanol–water partition coefficient (Wildman–Crippen LogP) is 1.98. The van der Waals surface area contributed by atoms with Crippen molar-refractivity contribution in [2.75, 3.05) is 24.5 Å². The van der Waals surface area contributed by atoms with E-state index in [4.69, 9.17) is 4.74 Å². The zero-order chi connectivity index (χ0) is 16.6. The zero-order valence-electron chi connectivity index (χ0n) is 14.0. The van der Waals surface area contributed by atoms with E-state index in [0.717, 1.165) is 11.3 Å². The van der Waals surface area contributed by atoms with Gasteiger partial charge in [0.05, 0.1) is 18.1 Å². The lowest BCUT2D eigenvalue weighted by atomic mass is 10.1. The van der Waals surface area contributed by atoms with Crippen molar-refractivity contribution in [3.8, 4) is 0 Å². The van der Waals surface area contributed by atoms with Crippen LogP contribution in [0.1, 0.15) is 25.8 Å². The number of anilines is 1. The van der Waals surface area contributed by atoms with Gasteiger partial charge in [-0.25, -0.2) is 0 Å². The summed E-state index contributed by atoms with van der Waals surface area (Å²) in [6.45, 7) is 7.65. The molecule has 124 valence electrons. The summed E-state index contributed by atoms with van der Waals surface area (Å²) in [6.07, 6.45) is 0.396. The molecule has 0 radical (unpaired) electrons. The molecule has 5 nitrogen and oxygen atoms in total. The molecule has 0 unspecified atom stereocenters. The Kier molecular flexibility index (Phi) is 4.39. The molecular formula is C18H24N2O3. The first-order valence-electron chi connectivity index (χ1n) is 8.26. The van der Waals surface area contributed by atoms with Gasteiger partial charge in [0, 0.05) is 31.7 Å². The topological polar surface area (TPSA) is 49.9 Å². The second kappa shape index (κ2) is 6.32. The number of para-hydroxylation sites is 1. The number of benzene rings is 1. The lowest BCUT2D eigenvalue weighted by Gasteiger charge is -2.36. The third kappa shape index (κ3) is 3.24. The average Bonchev–Trinajstić information content (AvgIpc) is 2.88. The Labute approximate surface area is 137 Å². The molecule has 23 heavy (non-hydrogen) atoms. The van der Waals surface area contributed by atoms with Crippen LogP contribution in [-0.2, 0) is 14.3 Å². The van der Waals surface area contributed by atoms with Crippen molar-refractivity contribution in [2.45, 2.75) is 39.4 Å². The second-order valence-corrected chi connectivity index (χ2v) is 6.69. The Morgan fingerprint density at radius 1 is 1.13 bits per heavy atom. The fourth-order valence-electron chi connectivity index (χ4n) is 3.59. The highest BCUT2D eigenvalue weighted by atomic mass is 16.5. The normalized spacial score (nSPS) is 28.3. The summed E-state index contributed by atoms with van der Waals surface area (Å²) in [4.78, 5) is 28.8. The Balaban J connectivity index is 1.72. The summed E-state index contributed by atoms with van der Waals surface area (Å²) in [5, 5.41) is 0. The molecule has 1 aromatic carbocycles. The molecule has 2 heterocycles. The lowest BCUT2D eigenvalue weighted by molar-refractivity contribution is -0.147. The van der Waals surface area contributed by atoms with Crippen molar-refractivity contribution in [1.29, 1.82) is 0 Å². The second-order valence-electron chi connectivity index (χ2n) is 6.69. The standard InChI is InChI=1S/C18H24N2O3/c1-12-6-4-5-7-16(12)20-11-15(8-17(20)21)18(22)19-9-13(2)23-14(3)10-19/h4-7,13-15H,8-11H2,1-3H3/t13-,14-,15-/m1/s1. The molecule has 0 bridgehead atoms. The van der Waals surface area contributed by atoms with Crippen molar-refractivity contribution in [3.63, 3.8) is 0 Å². The maximum absolute atomic E-state index is 12.8. The monoisotopic (exact) mass is 316 g/mol. The van der Waals surface area contributed by atoms with Gasteiger partial charge >= 0.3 is 0 Å². The maximum Gasteiger partial charge on any atom is 0.228 e. The van der Waals surface area contributed by atoms with Gasteiger partial charge in [-0.3, -0.25) is 9.59 Å². The van der Waals surface area contributed by atoms with Crippen LogP contribution in [0, 0.1) is 12.8 Å². The van der Waals surface area contributed by atoms with E-state index in [2.05, 4.69) is 0 Å². The first-order chi connectivity index (χ1) is 11.0. The number of hydrogen-bond acceptors (Lipinski definition) is 3. The summed E-state index contributed by atoms with van der Waals surface area (Å²) < 4.78 is 5.69. The predicted molar refractivity (Wildman–Crippen MR) is 88.2 cm³/mol. The quantitative estimate of drug-likeness (QED) is 0.838. The molecule has 2 amide bonds. The minimum atomic E-state index is -0.250. The van der Waals surface area contributed by atoms with E-state index in [9.17, 15) is 9.59 Å². The van der Waals surface area contributed by atoms with Gasteiger partial charge in [-0.15, -0.1) is 0 Å². The summed E-state index contributed by atoms with van der Waals surface area (Å²) >= 11 is 0. The molecule has 0 aromatic heterocycles. The van der Waals surface area contributed by atoms with Gasteiger partial charge in [0.25, 0.3) is 0 Å². The van der Waals surface area contributed by atoms with Crippen LogP contribution in [0.15, 0.2) is 24.3 Å². The first kappa shape index (κ1) is 16.0. The van der Waals surface area contributed by atoms with E-state index >= 15 is 0 Å². The minimum Gasteiger partial charge on any atom is -0.372 e. The van der Waals surface area contributed by atoms with Gasteiger partial charge < -0.3 is 14.5 Å². The fourth-order valence-corrected chi connectivity index (χ4v) is 3.59. The molecule has 0 aliphatic carbocycles. The highest BCUT2D eigenvalue weighted by Gasteiger charge is 2.39. The largest absolute Gasteiger partial charge is 0.372 e. The van der Waals surface area contributed by atoms with Gasteiger partial charge in [-0.2, -0.15) is 0 Å². The maximum atomic E-state index is 12.8. The van der Waals surface area contributed by atoms with Crippen molar-refractivity contribution < 1.29 is 14.3 Å². The molecule has 5 heteroatoms. The Hall–Kier alpha value is -1.88. The van der Waals surface area contributed by atoms with Crippen LogP contribution in [0.25, 0.3) is 0 Å². The summed E-state index contributed by atoms with van der Waals surface area (Å²) in [7, 11) is 0. The van der Waals surface area contributed by atoms with Gasteiger partial charge in [-0.05, 0) is 32.4 Å². The Morgan fingerprint density at radius 3 is 2.43 bits per heavy atom. The molecular weight excluding hydrogens is 292 g/mol. The van der Waals surface area contributed by atoms with Gasteiger partial charge in [0.1, 0.15) is 0 Å². The zero-order valence-corrected chi connectivity index (χ0v) is 14.0. The van der Waals surface area contributed by atoms with Crippen molar-refractivity contribution in [1.82, 2.24) is 4.90 Å². The molecule has 0 spiro atoms. The van der Waals surface area contributed by atoms with Crippen LogP contribution < -0.4 is 4.90 Å². The van der Waals surface area contributed by atoms with Crippen molar-refractivity contribution in [2.24, 2.45) is 5.92 Å². The lowest BCUT2D eigenvalue weighted by Crippen LogP contribution is -2.50. The summed E-state index contributed by atoms with van der Waals surface area (Å²) in [6, 6.07) is 7.82. The third-order valence-electron chi connectivity index (χ3n) is 4.61. The van der Waals surface area contributed by atoms with E-state index in [1.807, 2.05) is 49.9 Å². The van der Waals surface area contributed by atoms with E-state index < -0.39 is 0 Å². The Morgan fingerprint density at radius 2 is 1.78 bits per heavy atom. The number of carbonyl (C=O) groups is 2. The molecule has 2 fully saturated rings. The van der Waals surface area contributed by atoms with Crippen molar-refractivity contribution in [3.05, 3.63) is 29.8 Å². The molecule has 3 rings (SSSR count). The molecule has 3 atom stereocenters. The van der Waals surface area contributed by atoms with Crippen LogP contribution in [0.4, 0.5) is 5.69 Å². The van der Waals surface area contributed by atoms with Gasteiger partial charge in [0.2, 0.25) is 11.8 Å². The number of nitrogens with zero attached hydrogens (tertiary/aromatic N) is 2. The van der Waals surface area contributed by atoms with Gasteiger partial charge in [-0.1, -0.05) is 18.2 Å². The van der Waals surface area contributed by atoms with Crippen molar-refractivity contribution >= 4 is 17.5 Å². The first-order valence-corrected chi connectivity index (χ1v) is 8.26. The van der Waals surface area contributed by atoms with Crippen LogP contribution in [0.5, 0.6) is 0 Å². The van der Waals surface area contributed by atoms with Crippen LogP contribution in [0.2, 0.25) is 0 Å². The van der Waals surface area contributed by atoms with Crippen LogP contribution in [-0.4, -0.2) is 48.6 Å². The van der Waals surface area contributed by atoms with E-state index in [0.29, 0.717) is 26.1 Å². The van der Waals surface area contributed by atoms with Crippen LogP contribution in [0.3, 0.4) is 0 Å². The Bertz CT molecular complexity index is 606. The molecule has 2 aliphatic heterocycles. The number of rotatable bonds is 2. The van der Waals surface area contributed by atoms with Crippen LogP contribution >= 0.6 is 0 Å². The van der Waals surface area contributed by atoms with E-state index in [-0.39, 0.29) is 29.9 Å². The molecule has 1 aromatic rings. The molecule has 0 N–H and O–H groups in total. The average molecular weight is 316 g/mol. The molecule has 2 aliphatic rings. The smallest absolute Gasteiger partial charge is 0.228 e.